The van der Waals surface area contributed by atoms with Gasteiger partial charge >= 0.3 is 0 Å². The monoisotopic (exact) mass is 255 g/mol. The highest BCUT2D eigenvalue weighted by atomic mass is 19.1. The second-order valence-corrected chi connectivity index (χ2v) is 3.85. The van der Waals surface area contributed by atoms with Crippen molar-refractivity contribution in [2.24, 2.45) is 0 Å². The van der Waals surface area contributed by atoms with E-state index in [2.05, 4.69) is 5.32 Å². The first-order chi connectivity index (χ1) is 9.11. The molecule has 0 aromatic heterocycles. The van der Waals surface area contributed by atoms with Gasteiger partial charge < -0.3 is 11.1 Å². The van der Waals surface area contributed by atoms with Crippen LogP contribution in [0.25, 0.3) is 0 Å². The number of anilines is 2. The molecule has 0 unspecified atom stereocenters. The minimum atomic E-state index is -0.666. The largest absolute Gasteiger partial charge is 0.399 e. The average molecular weight is 255 g/mol. The molecule has 19 heavy (non-hydrogen) atoms. The van der Waals surface area contributed by atoms with E-state index in [9.17, 15) is 9.18 Å². The number of carbonyl (C=O) groups excluding carboxylic acids is 1. The van der Waals surface area contributed by atoms with Crippen LogP contribution in [-0.4, -0.2) is 5.91 Å². The highest BCUT2D eigenvalue weighted by molar-refractivity contribution is 6.05. The van der Waals surface area contributed by atoms with Gasteiger partial charge in [-0.15, -0.1) is 0 Å². The first-order valence-electron chi connectivity index (χ1n) is 5.47. The van der Waals surface area contributed by atoms with Crippen molar-refractivity contribution in [1.82, 2.24) is 0 Å². The summed E-state index contributed by atoms with van der Waals surface area (Å²) in [6.07, 6.45) is 0. The molecule has 0 bridgehead atoms. The maximum absolute atomic E-state index is 13.5. The third-order valence-electron chi connectivity index (χ3n) is 2.53. The molecule has 3 N–H and O–H groups in total. The summed E-state index contributed by atoms with van der Waals surface area (Å²) in [6, 6.07) is 12.2. The Labute approximate surface area is 109 Å². The van der Waals surface area contributed by atoms with Crippen LogP contribution in [0, 0.1) is 17.1 Å². The Bertz CT molecular complexity index is 677. The van der Waals surface area contributed by atoms with E-state index in [-0.39, 0.29) is 5.56 Å². The number of nitrogen functional groups attached to an aromatic ring is 1. The number of amides is 1. The van der Waals surface area contributed by atoms with E-state index >= 15 is 0 Å². The lowest BCUT2D eigenvalue weighted by molar-refractivity contribution is 0.102. The third-order valence-corrected chi connectivity index (χ3v) is 2.53. The van der Waals surface area contributed by atoms with Crippen LogP contribution in [0.3, 0.4) is 0 Å². The van der Waals surface area contributed by atoms with E-state index in [4.69, 9.17) is 11.0 Å². The molecule has 0 spiro atoms. The van der Waals surface area contributed by atoms with Crippen LogP contribution < -0.4 is 11.1 Å². The van der Waals surface area contributed by atoms with E-state index in [0.717, 1.165) is 6.07 Å². The van der Waals surface area contributed by atoms with E-state index in [1.54, 1.807) is 24.3 Å². The molecule has 0 aliphatic heterocycles. The summed E-state index contributed by atoms with van der Waals surface area (Å²) in [6.45, 7) is 0. The Kier molecular flexibility index (Phi) is 3.44. The van der Waals surface area contributed by atoms with Crippen LogP contribution in [0.1, 0.15) is 15.9 Å². The minimum Gasteiger partial charge on any atom is -0.399 e. The number of hydrogen-bond acceptors (Lipinski definition) is 3. The molecule has 0 aliphatic rings. The summed E-state index contributed by atoms with van der Waals surface area (Å²) in [7, 11) is 0. The van der Waals surface area contributed by atoms with Gasteiger partial charge in [-0.2, -0.15) is 5.26 Å². The summed E-state index contributed by atoms with van der Waals surface area (Å²) in [5.74, 6) is -1.31. The molecule has 4 nitrogen and oxygen atoms in total. The Morgan fingerprint density at radius 2 is 2.00 bits per heavy atom. The number of nitrogens with two attached hydrogens (primary N) is 1. The number of nitrogens with zero attached hydrogens (tertiary/aromatic N) is 1. The molecule has 2 aromatic rings. The lowest BCUT2D eigenvalue weighted by Gasteiger charge is -2.08. The van der Waals surface area contributed by atoms with Crippen LogP contribution in [0.2, 0.25) is 0 Å². The zero-order valence-corrected chi connectivity index (χ0v) is 9.85. The van der Waals surface area contributed by atoms with Crippen molar-refractivity contribution >= 4 is 17.3 Å². The van der Waals surface area contributed by atoms with Gasteiger partial charge in [0.05, 0.1) is 16.8 Å². The summed E-state index contributed by atoms with van der Waals surface area (Å²) < 4.78 is 13.5. The number of nitrogens with one attached hydrogen (secondary N) is 1. The van der Waals surface area contributed by atoms with E-state index in [1.807, 2.05) is 6.07 Å². The Morgan fingerprint density at radius 1 is 1.26 bits per heavy atom. The predicted octanol–water partition coefficient (Wildman–Crippen LogP) is 2.53. The summed E-state index contributed by atoms with van der Waals surface area (Å²) in [4.78, 5) is 11.9. The number of para-hydroxylation sites is 1. The molecule has 94 valence electrons. The number of halogens is 1. The van der Waals surface area contributed by atoms with Crippen molar-refractivity contribution in [1.29, 1.82) is 5.26 Å². The zero-order valence-electron chi connectivity index (χ0n) is 9.85. The highest BCUT2D eigenvalue weighted by Gasteiger charge is 2.13. The van der Waals surface area contributed by atoms with E-state index < -0.39 is 11.7 Å². The van der Waals surface area contributed by atoms with E-state index in [0.29, 0.717) is 16.9 Å². The molecule has 2 rings (SSSR count). The van der Waals surface area contributed by atoms with Gasteiger partial charge in [-0.3, -0.25) is 4.79 Å². The zero-order chi connectivity index (χ0) is 13.8. The first-order valence-corrected chi connectivity index (χ1v) is 5.47. The quantitative estimate of drug-likeness (QED) is 0.809. The number of carbonyl (C=O) groups is 1. The lowest BCUT2D eigenvalue weighted by Crippen LogP contribution is -2.15. The van der Waals surface area contributed by atoms with Crippen LogP contribution in [0.4, 0.5) is 15.8 Å². The molecule has 5 heteroatoms. The SMILES string of the molecule is N#Cc1ccccc1NC(=O)c1cc(N)ccc1F. The van der Waals surface area contributed by atoms with Gasteiger partial charge in [0.2, 0.25) is 0 Å². The van der Waals surface area contributed by atoms with Crippen molar-refractivity contribution in [3.05, 3.63) is 59.4 Å². The number of hydrogen-bond donors (Lipinski definition) is 2. The molecular formula is C14H10FN3O. The molecule has 0 saturated heterocycles. The van der Waals surface area contributed by atoms with Crippen molar-refractivity contribution in [3.63, 3.8) is 0 Å². The molecule has 0 saturated carbocycles. The van der Waals surface area contributed by atoms with Gasteiger partial charge in [0.25, 0.3) is 5.91 Å². The molecule has 0 atom stereocenters. The molecule has 0 radical (unpaired) electrons. The van der Waals surface area contributed by atoms with Crippen molar-refractivity contribution in [2.45, 2.75) is 0 Å². The highest BCUT2D eigenvalue weighted by Crippen LogP contribution is 2.17. The van der Waals surface area contributed by atoms with Crippen molar-refractivity contribution in [3.8, 4) is 6.07 Å². The minimum absolute atomic E-state index is 0.159. The maximum atomic E-state index is 13.5. The molecule has 0 heterocycles. The van der Waals surface area contributed by atoms with Crippen LogP contribution in [0.5, 0.6) is 0 Å². The van der Waals surface area contributed by atoms with Crippen LogP contribution >= 0.6 is 0 Å². The second kappa shape index (κ2) is 5.19. The molecule has 1 amide bonds. The topological polar surface area (TPSA) is 78.9 Å². The Hall–Kier alpha value is -2.87. The fourth-order valence-electron chi connectivity index (χ4n) is 1.60. The number of nitriles is 1. The molecular weight excluding hydrogens is 245 g/mol. The second-order valence-electron chi connectivity index (χ2n) is 3.85. The molecule has 2 aromatic carbocycles. The summed E-state index contributed by atoms with van der Waals surface area (Å²) >= 11 is 0. The van der Waals surface area contributed by atoms with Crippen molar-refractivity contribution < 1.29 is 9.18 Å². The van der Waals surface area contributed by atoms with Gasteiger partial charge in [0, 0.05) is 5.69 Å². The maximum Gasteiger partial charge on any atom is 0.258 e. The Morgan fingerprint density at radius 3 is 2.74 bits per heavy atom. The summed E-state index contributed by atoms with van der Waals surface area (Å²) in [5, 5.41) is 11.4. The van der Waals surface area contributed by atoms with Gasteiger partial charge in [-0.25, -0.2) is 4.39 Å². The van der Waals surface area contributed by atoms with Crippen LogP contribution in [-0.2, 0) is 0 Å². The van der Waals surface area contributed by atoms with Gasteiger partial charge in [-0.1, -0.05) is 12.1 Å². The standard InChI is InChI=1S/C14H10FN3O/c15-12-6-5-10(17)7-11(12)14(19)18-13-4-2-1-3-9(13)8-16/h1-7H,17H2,(H,18,19). The van der Waals surface area contributed by atoms with E-state index in [1.165, 1.54) is 12.1 Å². The smallest absolute Gasteiger partial charge is 0.258 e. The first kappa shape index (κ1) is 12.6. The van der Waals surface area contributed by atoms with Gasteiger partial charge in [0.1, 0.15) is 11.9 Å². The normalized spacial score (nSPS) is 9.68. The van der Waals surface area contributed by atoms with Gasteiger partial charge in [-0.05, 0) is 30.3 Å². The summed E-state index contributed by atoms with van der Waals surface area (Å²) in [5.41, 5.74) is 6.28. The fourth-order valence-corrected chi connectivity index (χ4v) is 1.60. The predicted molar refractivity (Wildman–Crippen MR) is 69.9 cm³/mol. The number of benzene rings is 2. The fraction of sp³-hybridized carbons (Fsp3) is 0. The third kappa shape index (κ3) is 2.69. The van der Waals surface area contributed by atoms with Crippen molar-refractivity contribution in [2.75, 3.05) is 11.1 Å². The lowest BCUT2D eigenvalue weighted by atomic mass is 10.1. The average Bonchev–Trinajstić information content (AvgIpc) is 2.42. The Balaban J connectivity index is 2.31. The molecule has 0 aliphatic carbocycles. The molecule has 0 fully saturated rings. The van der Waals surface area contributed by atoms with Crippen LogP contribution in [0.15, 0.2) is 42.5 Å². The number of rotatable bonds is 2. The van der Waals surface area contributed by atoms with Gasteiger partial charge in [0.15, 0.2) is 0 Å².